The Bertz CT molecular complexity index is 556. The fourth-order valence-corrected chi connectivity index (χ4v) is 1.69. The Morgan fingerprint density at radius 1 is 1.39 bits per heavy atom. The predicted molar refractivity (Wildman–Crippen MR) is 69.5 cm³/mol. The van der Waals surface area contributed by atoms with Gasteiger partial charge in [0.05, 0.1) is 11.2 Å². The van der Waals surface area contributed by atoms with E-state index in [2.05, 4.69) is 15.3 Å². The van der Waals surface area contributed by atoms with E-state index in [0.717, 1.165) is 12.1 Å². The first-order valence-electron chi connectivity index (χ1n) is 5.57. The van der Waals surface area contributed by atoms with Gasteiger partial charge in [-0.25, -0.2) is 9.78 Å². The molecule has 0 radical (unpaired) electrons. The van der Waals surface area contributed by atoms with Gasteiger partial charge in [0.2, 0.25) is 0 Å². The summed E-state index contributed by atoms with van der Waals surface area (Å²) in [4.78, 5) is 19.1. The third kappa shape index (κ3) is 3.65. The van der Waals surface area contributed by atoms with Gasteiger partial charge < -0.3 is 5.32 Å². The highest BCUT2D eigenvalue weighted by Crippen LogP contribution is 2.00. The molecule has 0 aliphatic heterocycles. The number of hydrogen-bond donors (Lipinski definition) is 1. The molecule has 0 bridgehead atoms. The number of halogens is 1. The smallest absolute Gasteiger partial charge is 0.311 e. The van der Waals surface area contributed by atoms with E-state index < -0.39 is 0 Å². The van der Waals surface area contributed by atoms with Crippen LogP contribution in [0.2, 0.25) is 5.02 Å². The second-order valence-corrected chi connectivity index (χ2v) is 4.22. The van der Waals surface area contributed by atoms with E-state index in [1.807, 2.05) is 12.1 Å². The third-order valence-electron chi connectivity index (χ3n) is 2.40. The molecule has 0 amide bonds. The molecule has 0 fully saturated rings. The van der Waals surface area contributed by atoms with Crippen LogP contribution >= 0.6 is 11.6 Å². The molecule has 0 aliphatic rings. The molecule has 0 unspecified atom stereocenters. The van der Waals surface area contributed by atoms with Gasteiger partial charge in [0, 0.05) is 38.2 Å². The Labute approximate surface area is 109 Å². The van der Waals surface area contributed by atoms with E-state index in [1.54, 1.807) is 18.6 Å². The van der Waals surface area contributed by atoms with E-state index in [9.17, 15) is 4.79 Å². The maximum Gasteiger partial charge on any atom is 0.347 e. The molecule has 2 rings (SSSR count). The minimum Gasteiger partial charge on any atom is -0.311 e. The number of nitrogens with one attached hydrogen (secondary N) is 1. The standard InChI is InChI=1S/C12H13ClN4O/c13-11-8-16-12(18)17(9-11)5-4-15-7-10-2-1-3-14-6-10/h1-3,6,8-9,15H,4-5,7H2. The van der Waals surface area contributed by atoms with Crippen LogP contribution in [0.3, 0.4) is 0 Å². The van der Waals surface area contributed by atoms with Crippen molar-refractivity contribution in [3.8, 4) is 0 Å². The zero-order valence-electron chi connectivity index (χ0n) is 9.71. The molecule has 2 heterocycles. The van der Waals surface area contributed by atoms with Crippen LogP contribution < -0.4 is 11.0 Å². The molecule has 1 N–H and O–H groups in total. The lowest BCUT2D eigenvalue weighted by molar-refractivity contribution is 0.575. The number of rotatable bonds is 5. The number of pyridine rings is 1. The largest absolute Gasteiger partial charge is 0.347 e. The molecule has 94 valence electrons. The lowest BCUT2D eigenvalue weighted by Gasteiger charge is -2.06. The van der Waals surface area contributed by atoms with E-state index >= 15 is 0 Å². The van der Waals surface area contributed by atoms with Gasteiger partial charge in [-0.3, -0.25) is 9.55 Å². The Hall–Kier alpha value is -1.72. The zero-order chi connectivity index (χ0) is 12.8. The van der Waals surface area contributed by atoms with Crippen molar-refractivity contribution < 1.29 is 0 Å². The van der Waals surface area contributed by atoms with Crippen LogP contribution in [0.25, 0.3) is 0 Å². The molecule has 0 aromatic carbocycles. The van der Waals surface area contributed by atoms with Crippen LogP contribution in [0.4, 0.5) is 0 Å². The molecule has 0 saturated carbocycles. The van der Waals surface area contributed by atoms with Gasteiger partial charge in [-0.05, 0) is 11.6 Å². The lowest BCUT2D eigenvalue weighted by Crippen LogP contribution is -2.27. The highest BCUT2D eigenvalue weighted by Gasteiger charge is 1.98. The van der Waals surface area contributed by atoms with Crippen molar-refractivity contribution in [1.82, 2.24) is 19.9 Å². The van der Waals surface area contributed by atoms with E-state index in [4.69, 9.17) is 11.6 Å². The molecule has 18 heavy (non-hydrogen) atoms. The van der Waals surface area contributed by atoms with Gasteiger partial charge in [0.15, 0.2) is 0 Å². The normalized spacial score (nSPS) is 10.5. The van der Waals surface area contributed by atoms with Gasteiger partial charge in [0.1, 0.15) is 0 Å². The fourth-order valence-electron chi connectivity index (χ4n) is 1.52. The van der Waals surface area contributed by atoms with Gasteiger partial charge in [-0.2, -0.15) is 0 Å². The number of hydrogen-bond acceptors (Lipinski definition) is 4. The molecule has 0 aliphatic carbocycles. The maximum absolute atomic E-state index is 11.4. The molecular weight excluding hydrogens is 252 g/mol. The maximum atomic E-state index is 11.4. The first kappa shape index (κ1) is 12.7. The summed E-state index contributed by atoms with van der Waals surface area (Å²) in [5.41, 5.74) is 0.816. The van der Waals surface area contributed by atoms with Crippen molar-refractivity contribution >= 4 is 11.6 Å². The van der Waals surface area contributed by atoms with Crippen LogP contribution in [0, 0.1) is 0 Å². The molecule has 6 heteroatoms. The number of aromatic nitrogens is 3. The summed E-state index contributed by atoms with van der Waals surface area (Å²) in [6.45, 7) is 1.92. The van der Waals surface area contributed by atoms with Gasteiger partial charge >= 0.3 is 5.69 Å². The van der Waals surface area contributed by atoms with Crippen LogP contribution in [0.15, 0.2) is 41.7 Å². The third-order valence-corrected chi connectivity index (χ3v) is 2.60. The molecular formula is C12H13ClN4O. The average molecular weight is 265 g/mol. The van der Waals surface area contributed by atoms with Crippen molar-refractivity contribution in [3.63, 3.8) is 0 Å². The first-order chi connectivity index (χ1) is 8.75. The Kier molecular flexibility index (Phi) is 4.44. The van der Waals surface area contributed by atoms with Gasteiger partial charge in [-0.15, -0.1) is 0 Å². The Morgan fingerprint density at radius 3 is 3.06 bits per heavy atom. The topological polar surface area (TPSA) is 59.8 Å². The molecule has 5 nitrogen and oxygen atoms in total. The SMILES string of the molecule is O=c1ncc(Cl)cn1CCNCc1cccnc1. The summed E-state index contributed by atoms with van der Waals surface area (Å²) in [5.74, 6) is 0. The molecule has 2 aromatic heterocycles. The Balaban J connectivity index is 1.82. The predicted octanol–water partition coefficient (Wildman–Crippen LogP) is 1.08. The van der Waals surface area contributed by atoms with Crippen molar-refractivity contribution in [2.75, 3.05) is 6.54 Å². The minimum absolute atomic E-state index is 0.289. The van der Waals surface area contributed by atoms with E-state index in [1.165, 1.54) is 10.8 Å². The summed E-state index contributed by atoms with van der Waals surface area (Å²) in [6.07, 6.45) is 6.48. The van der Waals surface area contributed by atoms with Crippen molar-refractivity contribution in [3.05, 3.63) is 58.0 Å². The summed E-state index contributed by atoms with van der Waals surface area (Å²) < 4.78 is 1.48. The van der Waals surface area contributed by atoms with Crippen molar-refractivity contribution in [2.45, 2.75) is 13.1 Å². The highest BCUT2D eigenvalue weighted by molar-refractivity contribution is 6.30. The monoisotopic (exact) mass is 264 g/mol. The van der Waals surface area contributed by atoms with Crippen molar-refractivity contribution in [2.24, 2.45) is 0 Å². The Morgan fingerprint density at radius 2 is 2.28 bits per heavy atom. The van der Waals surface area contributed by atoms with Gasteiger partial charge in [-0.1, -0.05) is 17.7 Å². The lowest BCUT2D eigenvalue weighted by atomic mass is 10.3. The quantitative estimate of drug-likeness (QED) is 0.821. The van der Waals surface area contributed by atoms with Crippen LogP contribution in [0.1, 0.15) is 5.56 Å². The molecule has 0 atom stereocenters. The summed E-state index contributed by atoms with van der Waals surface area (Å²) in [6, 6.07) is 3.88. The highest BCUT2D eigenvalue weighted by atomic mass is 35.5. The first-order valence-corrected chi connectivity index (χ1v) is 5.95. The molecule has 2 aromatic rings. The second kappa shape index (κ2) is 6.28. The number of nitrogens with zero attached hydrogens (tertiary/aromatic N) is 3. The van der Waals surface area contributed by atoms with E-state index in [0.29, 0.717) is 18.1 Å². The van der Waals surface area contributed by atoms with Crippen LogP contribution in [-0.2, 0) is 13.1 Å². The fraction of sp³-hybridized carbons (Fsp3) is 0.250. The minimum atomic E-state index is -0.289. The summed E-state index contributed by atoms with van der Waals surface area (Å²) in [5, 5.41) is 3.69. The van der Waals surface area contributed by atoms with Gasteiger partial charge in [0.25, 0.3) is 0 Å². The zero-order valence-corrected chi connectivity index (χ0v) is 10.5. The molecule has 0 saturated heterocycles. The molecule has 0 spiro atoms. The summed E-state index contributed by atoms with van der Waals surface area (Å²) in [7, 11) is 0. The van der Waals surface area contributed by atoms with E-state index in [-0.39, 0.29) is 5.69 Å². The van der Waals surface area contributed by atoms with Crippen LogP contribution in [0.5, 0.6) is 0 Å². The second-order valence-electron chi connectivity index (χ2n) is 3.79. The average Bonchev–Trinajstić information content (AvgIpc) is 2.40. The van der Waals surface area contributed by atoms with Crippen LogP contribution in [-0.4, -0.2) is 21.1 Å². The van der Waals surface area contributed by atoms with Crippen molar-refractivity contribution in [1.29, 1.82) is 0 Å². The summed E-state index contributed by atoms with van der Waals surface area (Å²) >= 11 is 5.77.